The number of likely N-dealkylation sites (tertiary alicyclic amines) is 1. The van der Waals surface area contributed by atoms with E-state index in [0.29, 0.717) is 45.0 Å². The lowest BCUT2D eigenvalue weighted by Crippen LogP contribution is -2.48. The molecule has 0 amide bonds. The molecule has 2 aliphatic heterocycles. The Kier molecular flexibility index (Phi) is 6.78. The van der Waals surface area contributed by atoms with Crippen LogP contribution < -0.4 is 0 Å². The van der Waals surface area contributed by atoms with Crippen LogP contribution in [0, 0.1) is 5.92 Å². The number of nitrogens with zero attached hydrogens (tertiary/aromatic N) is 2. The zero-order valence-electron chi connectivity index (χ0n) is 14.8. The normalized spacial score (nSPS) is 20.5. The molecule has 2 rings (SSSR count). The van der Waals surface area contributed by atoms with Gasteiger partial charge in [0.25, 0.3) is 0 Å². The van der Waals surface area contributed by atoms with Gasteiger partial charge in [0.05, 0.1) is 13.2 Å². The Labute approximate surface area is 143 Å². The van der Waals surface area contributed by atoms with Crippen LogP contribution in [-0.4, -0.2) is 60.8 Å². The third-order valence-electron chi connectivity index (χ3n) is 4.29. The molecule has 1 unspecified atom stereocenters. The molecule has 1 saturated heterocycles. The number of ether oxygens (including phenoxy) is 1. The van der Waals surface area contributed by atoms with Crippen LogP contribution in [0.15, 0.2) is 23.7 Å². The predicted molar refractivity (Wildman–Crippen MR) is 89.8 cm³/mol. The van der Waals surface area contributed by atoms with Crippen molar-refractivity contribution in [3.8, 4) is 0 Å². The Morgan fingerprint density at radius 2 is 2.12 bits per heavy atom. The van der Waals surface area contributed by atoms with Gasteiger partial charge >= 0.3 is 5.97 Å². The molecule has 0 bridgehead atoms. The standard InChI is InChI=1S/C18H28F2N2O2/c1-4-24-18(23)17(7-13(2)3)22-9-14(8-15(19)12-22)5-6-21-10-16(20)11-21/h8-9,13,16-17H,4-7,10-12H2,1-3H3. The number of hydrogen-bond donors (Lipinski definition) is 0. The minimum Gasteiger partial charge on any atom is -0.464 e. The molecule has 0 N–H and O–H groups in total. The Morgan fingerprint density at radius 3 is 2.71 bits per heavy atom. The van der Waals surface area contributed by atoms with Crippen molar-refractivity contribution >= 4 is 5.97 Å². The average molecular weight is 342 g/mol. The van der Waals surface area contributed by atoms with Crippen molar-refractivity contribution in [2.75, 3.05) is 32.8 Å². The SMILES string of the molecule is CCOC(=O)C(CC(C)C)N1C=C(CCN2CC(F)C2)C=C(F)C1. The van der Waals surface area contributed by atoms with Gasteiger partial charge in [0.15, 0.2) is 0 Å². The van der Waals surface area contributed by atoms with E-state index in [2.05, 4.69) is 0 Å². The molecule has 0 aromatic carbocycles. The molecule has 0 aromatic heterocycles. The Hall–Kier alpha value is -1.43. The van der Waals surface area contributed by atoms with Crippen LogP contribution in [0.2, 0.25) is 0 Å². The van der Waals surface area contributed by atoms with Gasteiger partial charge in [-0.05, 0) is 37.3 Å². The van der Waals surface area contributed by atoms with Crippen molar-refractivity contribution in [1.82, 2.24) is 9.80 Å². The molecule has 4 nitrogen and oxygen atoms in total. The van der Waals surface area contributed by atoms with Crippen molar-refractivity contribution in [3.63, 3.8) is 0 Å². The van der Waals surface area contributed by atoms with Crippen LogP contribution in [0.3, 0.4) is 0 Å². The van der Waals surface area contributed by atoms with Crippen LogP contribution in [0.25, 0.3) is 0 Å². The quantitative estimate of drug-likeness (QED) is 0.635. The number of allylic oxidation sites excluding steroid dienone is 1. The molecule has 0 spiro atoms. The van der Waals surface area contributed by atoms with Gasteiger partial charge in [-0.15, -0.1) is 0 Å². The lowest BCUT2D eigenvalue weighted by molar-refractivity contribution is -0.149. The predicted octanol–water partition coefficient (Wildman–Crippen LogP) is 3.06. The number of carbonyl (C=O) groups is 1. The molecule has 0 saturated carbocycles. The van der Waals surface area contributed by atoms with Crippen molar-refractivity contribution in [3.05, 3.63) is 23.7 Å². The molecule has 2 aliphatic rings. The van der Waals surface area contributed by atoms with Gasteiger partial charge in [-0.25, -0.2) is 13.6 Å². The van der Waals surface area contributed by atoms with Crippen LogP contribution in [-0.2, 0) is 9.53 Å². The fourth-order valence-corrected chi connectivity index (χ4v) is 3.08. The first-order valence-electron chi connectivity index (χ1n) is 8.74. The van der Waals surface area contributed by atoms with Gasteiger partial charge in [0, 0.05) is 25.8 Å². The van der Waals surface area contributed by atoms with Gasteiger partial charge in [0.2, 0.25) is 0 Å². The summed E-state index contributed by atoms with van der Waals surface area (Å²) in [6.07, 6.45) is 3.92. The zero-order chi connectivity index (χ0) is 17.7. The molecule has 6 heteroatoms. The van der Waals surface area contributed by atoms with E-state index >= 15 is 0 Å². The maximum atomic E-state index is 14.1. The number of carbonyl (C=O) groups excluding carboxylic acids is 1. The smallest absolute Gasteiger partial charge is 0.328 e. The number of hydrogen-bond acceptors (Lipinski definition) is 4. The first kappa shape index (κ1) is 18.9. The third-order valence-corrected chi connectivity index (χ3v) is 4.29. The van der Waals surface area contributed by atoms with Crippen LogP contribution in [0.1, 0.15) is 33.6 Å². The summed E-state index contributed by atoms with van der Waals surface area (Å²) in [5.41, 5.74) is 0.833. The molecular formula is C18H28F2N2O2. The van der Waals surface area contributed by atoms with Crippen LogP contribution in [0.4, 0.5) is 8.78 Å². The lowest BCUT2D eigenvalue weighted by Gasteiger charge is -2.35. The molecule has 136 valence electrons. The Balaban J connectivity index is 2.02. The van der Waals surface area contributed by atoms with Crippen molar-refractivity contribution < 1.29 is 18.3 Å². The summed E-state index contributed by atoms with van der Waals surface area (Å²) < 4.78 is 32.1. The van der Waals surface area contributed by atoms with E-state index in [1.807, 2.05) is 24.9 Å². The number of rotatable bonds is 8. The molecule has 2 heterocycles. The minimum absolute atomic E-state index is 0.0932. The highest BCUT2D eigenvalue weighted by Crippen LogP contribution is 2.24. The second-order valence-corrected chi connectivity index (χ2v) is 6.97. The summed E-state index contributed by atoms with van der Waals surface area (Å²) in [7, 11) is 0. The number of alkyl halides is 1. The van der Waals surface area contributed by atoms with Crippen molar-refractivity contribution in [2.45, 2.75) is 45.8 Å². The van der Waals surface area contributed by atoms with E-state index in [-0.39, 0.29) is 18.3 Å². The number of esters is 1. The van der Waals surface area contributed by atoms with Gasteiger partial charge in [-0.1, -0.05) is 13.8 Å². The van der Waals surface area contributed by atoms with E-state index in [9.17, 15) is 13.6 Å². The van der Waals surface area contributed by atoms with Crippen molar-refractivity contribution in [2.24, 2.45) is 5.92 Å². The minimum atomic E-state index is -0.728. The topological polar surface area (TPSA) is 32.8 Å². The van der Waals surface area contributed by atoms with E-state index in [1.165, 1.54) is 6.08 Å². The largest absolute Gasteiger partial charge is 0.464 e. The highest BCUT2D eigenvalue weighted by molar-refractivity contribution is 5.76. The maximum absolute atomic E-state index is 14.1. The monoisotopic (exact) mass is 342 g/mol. The highest BCUT2D eigenvalue weighted by Gasteiger charge is 2.30. The van der Waals surface area contributed by atoms with Gasteiger partial charge < -0.3 is 9.64 Å². The first-order valence-corrected chi connectivity index (χ1v) is 8.74. The fourth-order valence-electron chi connectivity index (χ4n) is 3.08. The van der Waals surface area contributed by atoms with Crippen molar-refractivity contribution in [1.29, 1.82) is 0 Å². The fraction of sp³-hybridized carbons (Fsp3) is 0.722. The lowest BCUT2D eigenvalue weighted by atomic mass is 10.0. The molecule has 0 aliphatic carbocycles. The van der Waals surface area contributed by atoms with Gasteiger partial charge in [0.1, 0.15) is 18.0 Å². The molecule has 1 fully saturated rings. The first-order chi connectivity index (χ1) is 11.4. The molecule has 1 atom stereocenters. The van der Waals surface area contributed by atoms with Gasteiger partial charge in [-0.2, -0.15) is 0 Å². The summed E-state index contributed by atoms with van der Waals surface area (Å²) in [6, 6.07) is -0.473. The molecular weight excluding hydrogens is 314 g/mol. The summed E-state index contributed by atoms with van der Waals surface area (Å²) >= 11 is 0. The molecule has 0 aromatic rings. The van der Waals surface area contributed by atoms with E-state index in [4.69, 9.17) is 4.74 Å². The van der Waals surface area contributed by atoms with Crippen LogP contribution in [0.5, 0.6) is 0 Å². The van der Waals surface area contributed by atoms with E-state index in [0.717, 1.165) is 5.57 Å². The van der Waals surface area contributed by atoms with Crippen LogP contribution >= 0.6 is 0 Å². The van der Waals surface area contributed by atoms with E-state index < -0.39 is 12.2 Å². The Morgan fingerprint density at radius 1 is 1.42 bits per heavy atom. The summed E-state index contributed by atoms with van der Waals surface area (Å²) in [4.78, 5) is 16.0. The Bertz CT molecular complexity index is 499. The second-order valence-electron chi connectivity index (χ2n) is 6.97. The number of halogens is 2. The summed E-state index contributed by atoms with van der Waals surface area (Å²) in [5.74, 6) is -0.259. The third kappa shape index (κ3) is 5.30. The van der Waals surface area contributed by atoms with Gasteiger partial charge in [-0.3, -0.25) is 4.90 Å². The average Bonchev–Trinajstić information content (AvgIpc) is 2.47. The zero-order valence-corrected chi connectivity index (χ0v) is 14.8. The molecule has 0 radical (unpaired) electrons. The highest BCUT2D eigenvalue weighted by atomic mass is 19.1. The summed E-state index contributed by atoms with van der Waals surface area (Å²) in [6.45, 7) is 7.87. The van der Waals surface area contributed by atoms with E-state index in [1.54, 1.807) is 11.8 Å². The maximum Gasteiger partial charge on any atom is 0.328 e. The second kappa shape index (κ2) is 8.60. The molecule has 24 heavy (non-hydrogen) atoms. The summed E-state index contributed by atoms with van der Waals surface area (Å²) in [5, 5.41) is 0.